The Morgan fingerprint density at radius 2 is 1.95 bits per heavy atom. The summed E-state index contributed by atoms with van der Waals surface area (Å²) in [4.78, 5) is 5.03. The minimum atomic E-state index is 0.148. The van der Waals surface area contributed by atoms with Crippen LogP contribution < -0.4 is 16.0 Å². The van der Waals surface area contributed by atoms with Crippen molar-refractivity contribution in [2.45, 2.75) is 40.2 Å². The first kappa shape index (κ1) is 14.8. The summed E-state index contributed by atoms with van der Waals surface area (Å²) in [6, 6.07) is 8.58. The van der Waals surface area contributed by atoms with E-state index in [0.717, 1.165) is 28.6 Å². The number of benzene rings is 1. The van der Waals surface area contributed by atoms with Crippen molar-refractivity contribution in [3.63, 3.8) is 0 Å². The van der Waals surface area contributed by atoms with Crippen molar-refractivity contribution in [1.82, 2.24) is 9.78 Å². The Morgan fingerprint density at radius 1 is 1.23 bits per heavy atom. The number of rotatable bonds is 2. The van der Waals surface area contributed by atoms with Gasteiger partial charge in [0, 0.05) is 7.05 Å². The predicted molar refractivity (Wildman–Crippen MR) is 91.0 cm³/mol. The summed E-state index contributed by atoms with van der Waals surface area (Å²) in [6.45, 7) is 8.84. The summed E-state index contributed by atoms with van der Waals surface area (Å²) < 4.78 is 1.98. The third kappa shape index (κ3) is 2.43. The number of aryl methyl sites for hydroxylation is 1. The lowest BCUT2D eigenvalue weighted by Gasteiger charge is -2.27. The minimum absolute atomic E-state index is 0.148. The van der Waals surface area contributed by atoms with Crippen LogP contribution in [0.5, 0.6) is 0 Å². The van der Waals surface area contributed by atoms with E-state index in [2.05, 4.69) is 57.3 Å². The van der Waals surface area contributed by atoms with E-state index in [4.69, 9.17) is 10.1 Å². The highest BCUT2D eigenvalue weighted by Gasteiger charge is 2.26. The van der Waals surface area contributed by atoms with Crippen LogP contribution in [0.15, 0.2) is 29.3 Å². The topological polar surface area (TPSA) is 42.2 Å². The summed E-state index contributed by atoms with van der Waals surface area (Å²) >= 11 is 0. The Morgan fingerprint density at radius 3 is 2.59 bits per heavy atom. The molecule has 2 aromatic rings. The number of fused-ring (bicyclic) bond motifs is 1. The number of anilines is 1. The van der Waals surface area contributed by atoms with Gasteiger partial charge in [-0.25, -0.2) is 4.68 Å². The van der Waals surface area contributed by atoms with E-state index in [1.807, 2.05) is 17.8 Å². The minimum Gasteiger partial charge on any atom is -0.371 e. The molecule has 0 fully saturated rings. The van der Waals surface area contributed by atoms with Crippen molar-refractivity contribution in [2.24, 2.45) is 10.4 Å². The zero-order valence-electron chi connectivity index (χ0n) is 14.0. The molecule has 116 valence electrons. The van der Waals surface area contributed by atoms with Gasteiger partial charge in [-0.15, -0.1) is 5.10 Å². The van der Waals surface area contributed by atoms with Crippen molar-refractivity contribution >= 4 is 11.9 Å². The standard InChI is InChI=1S/C18H24N4/c1-12-8-6-7-9-14(12)22-17-13(16(19-5)21-22)10-11-15(20-17)18(2,3)4/h6-10,15H,11H2,1-5H3,(H,19,21). The molecule has 4 heteroatoms. The van der Waals surface area contributed by atoms with Crippen LogP contribution >= 0.6 is 0 Å². The van der Waals surface area contributed by atoms with Crippen LogP contribution in [0.25, 0.3) is 11.8 Å². The summed E-state index contributed by atoms with van der Waals surface area (Å²) in [5.74, 6) is 0.898. The van der Waals surface area contributed by atoms with Crippen molar-refractivity contribution in [1.29, 1.82) is 0 Å². The third-order valence-corrected chi connectivity index (χ3v) is 4.30. The quantitative estimate of drug-likeness (QED) is 0.925. The fourth-order valence-electron chi connectivity index (χ4n) is 2.86. The smallest absolute Gasteiger partial charge is 0.160 e. The van der Waals surface area contributed by atoms with Gasteiger partial charge in [-0.05, 0) is 30.4 Å². The summed E-state index contributed by atoms with van der Waals surface area (Å²) in [5.41, 5.74) is 3.40. The highest BCUT2D eigenvalue weighted by Crippen LogP contribution is 2.26. The molecule has 3 rings (SSSR count). The van der Waals surface area contributed by atoms with E-state index in [0.29, 0.717) is 0 Å². The van der Waals surface area contributed by atoms with E-state index in [9.17, 15) is 0 Å². The Hall–Kier alpha value is -2.10. The number of aromatic nitrogens is 2. The zero-order valence-corrected chi connectivity index (χ0v) is 14.0. The third-order valence-electron chi connectivity index (χ3n) is 4.30. The molecule has 0 radical (unpaired) electrons. The fourth-order valence-corrected chi connectivity index (χ4v) is 2.86. The monoisotopic (exact) mass is 296 g/mol. The molecule has 22 heavy (non-hydrogen) atoms. The second-order valence-electron chi connectivity index (χ2n) is 6.98. The average Bonchev–Trinajstić information content (AvgIpc) is 2.85. The highest BCUT2D eigenvalue weighted by molar-refractivity contribution is 5.47. The molecule has 1 aromatic carbocycles. The van der Waals surface area contributed by atoms with Gasteiger partial charge in [-0.3, -0.25) is 4.99 Å². The van der Waals surface area contributed by atoms with E-state index >= 15 is 0 Å². The molecule has 1 N–H and O–H groups in total. The lowest BCUT2D eigenvalue weighted by Crippen LogP contribution is -2.39. The summed E-state index contributed by atoms with van der Waals surface area (Å²) in [7, 11) is 1.91. The van der Waals surface area contributed by atoms with Crippen molar-refractivity contribution in [3.8, 4) is 5.69 Å². The maximum Gasteiger partial charge on any atom is 0.160 e. The van der Waals surface area contributed by atoms with Gasteiger partial charge in [0.05, 0.1) is 16.9 Å². The first-order chi connectivity index (χ1) is 10.4. The molecule has 1 aliphatic rings. The largest absolute Gasteiger partial charge is 0.371 e. The molecule has 0 saturated carbocycles. The number of para-hydroxylation sites is 1. The van der Waals surface area contributed by atoms with E-state index < -0.39 is 0 Å². The molecular weight excluding hydrogens is 272 g/mol. The van der Waals surface area contributed by atoms with Gasteiger partial charge < -0.3 is 5.32 Å². The van der Waals surface area contributed by atoms with Crippen LogP contribution in [-0.2, 0) is 0 Å². The van der Waals surface area contributed by atoms with Crippen LogP contribution in [0.1, 0.15) is 32.8 Å². The molecule has 0 amide bonds. The van der Waals surface area contributed by atoms with Crippen molar-refractivity contribution in [3.05, 3.63) is 40.5 Å². The Labute approximate surface area is 131 Å². The second-order valence-corrected chi connectivity index (χ2v) is 6.98. The average molecular weight is 296 g/mol. The molecule has 1 aliphatic heterocycles. The van der Waals surface area contributed by atoms with Gasteiger partial charge in [0.1, 0.15) is 0 Å². The van der Waals surface area contributed by atoms with Crippen molar-refractivity contribution < 1.29 is 0 Å². The molecule has 4 nitrogen and oxygen atoms in total. The van der Waals surface area contributed by atoms with E-state index in [-0.39, 0.29) is 11.5 Å². The van der Waals surface area contributed by atoms with Crippen LogP contribution in [0.3, 0.4) is 0 Å². The van der Waals surface area contributed by atoms with Gasteiger partial charge in [-0.1, -0.05) is 45.0 Å². The second kappa shape index (κ2) is 5.27. The maximum absolute atomic E-state index is 5.03. The number of nitrogens with zero attached hydrogens (tertiary/aromatic N) is 3. The maximum atomic E-state index is 5.03. The van der Waals surface area contributed by atoms with Crippen LogP contribution in [0.4, 0.5) is 5.82 Å². The fraction of sp³-hybridized carbons (Fsp3) is 0.444. The first-order valence-corrected chi connectivity index (χ1v) is 7.82. The Kier molecular flexibility index (Phi) is 3.55. The summed E-state index contributed by atoms with van der Waals surface area (Å²) in [5, 5.41) is 9.05. The van der Waals surface area contributed by atoms with Gasteiger partial charge in [0.15, 0.2) is 11.3 Å². The SMILES string of the molecule is CNc1nn(-c2ccccc2C)c2c1=CCC(C(C)(C)C)N=2. The predicted octanol–water partition coefficient (Wildman–Crippen LogP) is 2.44. The lowest BCUT2D eigenvalue weighted by molar-refractivity contribution is 0.319. The molecular formula is C18H24N4. The van der Waals surface area contributed by atoms with Crippen molar-refractivity contribution in [2.75, 3.05) is 12.4 Å². The van der Waals surface area contributed by atoms with Gasteiger partial charge in [-0.2, -0.15) is 0 Å². The molecule has 0 saturated heterocycles. The van der Waals surface area contributed by atoms with E-state index in [1.165, 1.54) is 5.56 Å². The van der Waals surface area contributed by atoms with E-state index in [1.54, 1.807) is 0 Å². The molecule has 1 unspecified atom stereocenters. The van der Waals surface area contributed by atoms with Gasteiger partial charge in [0.2, 0.25) is 0 Å². The van der Waals surface area contributed by atoms with Crippen LogP contribution in [-0.4, -0.2) is 22.9 Å². The number of hydrogen-bond acceptors (Lipinski definition) is 3. The van der Waals surface area contributed by atoms with Crippen LogP contribution in [0.2, 0.25) is 0 Å². The number of nitrogens with one attached hydrogen (secondary N) is 1. The Bertz CT molecular complexity index is 809. The summed E-state index contributed by atoms with van der Waals surface area (Å²) in [6.07, 6.45) is 3.23. The molecule has 0 spiro atoms. The molecule has 1 aromatic heterocycles. The Balaban J connectivity index is 2.27. The van der Waals surface area contributed by atoms with Gasteiger partial charge >= 0.3 is 0 Å². The van der Waals surface area contributed by atoms with Crippen LogP contribution in [0, 0.1) is 12.3 Å². The van der Waals surface area contributed by atoms with Gasteiger partial charge in [0.25, 0.3) is 0 Å². The molecule has 1 atom stereocenters. The lowest BCUT2D eigenvalue weighted by atomic mass is 9.84. The normalized spacial score (nSPS) is 17.4. The molecule has 0 aliphatic carbocycles. The number of hydrogen-bond donors (Lipinski definition) is 1. The molecule has 0 bridgehead atoms. The zero-order chi connectivity index (χ0) is 15.9. The highest BCUT2D eigenvalue weighted by atomic mass is 15.3. The molecule has 2 heterocycles. The first-order valence-electron chi connectivity index (χ1n) is 7.82.